The van der Waals surface area contributed by atoms with E-state index in [9.17, 15) is 14.7 Å². The topological polar surface area (TPSA) is 69.6 Å². The number of benzene rings is 1. The van der Waals surface area contributed by atoms with E-state index in [1.165, 1.54) is 0 Å². The average Bonchev–Trinajstić information content (AvgIpc) is 2.45. The van der Waals surface area contributed by atoms with Crippen LogP contribution in [0.4, 0.5) is 10.5 Å². The normalized spacial score (nSPS) is 11.0. The summed E-state index contributed by atoms with van der Waals surface area (Å²) in [6, 6.07) is 6.73. The second-order valence-corrected chi connectivity index (χ2v) is 6.34. The lowest BCUT2D eigenvalue weighted by Gasteiger charge is -2.21. The zero-order valence-corrected chi connectivity index (χ0v) is 13.7. The quantitative estimate of drug-likeness (QED) is 0.847. The number of carbonyl (C=O) groups excluding carboxylic acids is 1. The molecular weight excluding hydrogens is 288 g/mol. The van der Waals surface area contributed by atoms with E-state index in [4.69, 9.17) is 0 Å². The largest absolute Gasteiger partial charge is 0.481 e. The molecule has 0 saturated heterocycles. The lowest BCUT2D eigenvalue weighted by atomic mass is 9.85. The molecule has 0 fully saturated rings. The van der Waals surface area contributed by atoms with Crippen LogP contribution in [-0.2, 0) is 10.2 Å². The third-order valence-corrected chi connectivity index (χ3v) is 3.96. The van der Waals surface area contributed by atoms with E-state index in [-0.39, 0.29) is 6.03 Å². The van der Waals surface area contributed by atoms with E-state index in [1.54, 1.807) is 61.8 Å². The van der Waals surface area contributed by atoms with Crippen LogP contribution in [0.1, 0.15) is 19.4 Å². The summed E-state index contributed by atoms with van der Waals surface area (Å²) in [5.41, 5.74) is 0.405. The van der Waals surface area contributed by atoms with Crippen LogP contribution in [0.15, 0.2) is 24.3 Å². The predicted molar refractivity (Wildman–Crippen MR) is 87.1 cm³/mol. The summed E-state index contributed by atoms with van der Waals surface area (Å²) in [5.74, 6) is 0.00596. The smallest absolute Gasteiger partial charge is 0.321 e. The lowest BCUT2D eigenvalue weighted by Crippen LogP contribution is -2.33. The van der Waals surface area contributed by atoms with Gasteiger partial charge in [-0.1, -0.05) is 12.1 Å². The van der Waals surface area contributed by atoms with Gasteiger partial charge in [0, 0.05) is 25.0 Å². The number of amides is 2. The van der Waals surface area contributed by atoms with Gasteiger partial charge in [-0.3, -0.25) is 4.79 Å². The third-order valence-electron chi connectivity index (χ3n) is 3.37. The van der Waals surface area contributed by atoms with Gasteiger partial charge in [0.05, 0.1) is 5.41 Å². The second-order valence-electron chi connectivity index (χ2n) is 5.35. The van der Waals surface area contributed by atoms with Crippen LogP contribution in [0.25, 0.3) is 0 Å². The number of aliphatic carboxylic acids is 1. The van der Waals surface area contributed by atoms with Crippen molar-refractivity contribution in [2.24, 2.45) is 0 Å². The van der Waals surface area contributed by atoms with Gasteiger partial charge in [-0.05, 0) is 37.8 Å². The van der Waals surface area contributed by atoms with Crippen molar-refractivity contribution < 1.29 is 14.7 Å². The van der Waals surface area contributed by atoms with Crippen molar-refractivity contribution in [2.75, 3.05) is 30.9 Å². The minimum atomic E-state index is -0.947. The van der Waals surface area contributed by atoms with Gasteiger partial charge in [-0.25, -0.2) is 4.79 Å². The van der Waals surface area contributed by atoms with Crippen molar-refractivity contribution in [1.82, 2.24) is 4.90 Å². The molecule has 0 spiro atoms. The Morgan fingerprint density at radius 1 is 1.29 bits per heavy atom. The van der Waals surface area contributed by atoms with Gasteiger partial charge in [0.25, 0.3) is 0 Å². The van der Waals surface area contributed by atoms with Gasteiger partial charge >= 0.3 is 12.0 Å². The maximum Gasteiger partial charge on any atom is 0.321 e. The molecule has 0 unspecified atom stereocenters. The average molecular weight is 310 g/mol. The molecule has 0 heterocycles. The zero-order valence-electron chi connectivity index (χ0n) is 12.8. The standard InChI is InChI=1S/C15H22N2O3S/c1-15(2,13(18)19)11-5-7-12(8-6-11)16-14(20)17(3)9-10-21-4/h5-8H,9-10H2,1-4H3,(H,16,20)(H,18,19). The van der Waals surface area contributed by atoms with Gasteiger partial charge < -0.3 is 15.3 Å². The SMILES string of the molecule is CSCCN(C)C(=O)Nc1ccc(C(C)(C)C(=O)O)cc1. The monoisotopic (exact) mass is 310 g/mol. The number of hydrogen-bond acceptors (Lipinski definition) is 3. The Hall–Kier alpha value is -1.69. The number of carbonyl (C=O) groups is 2. The Bertz CT molecular complexity index is 500. The van der Waals surface area contributed by atoms with Crippen molar-refractivity contribution in [3.05, 3.63) is 29.8 Å². The molecule has 0 bridgehead atoms. The molecule has 116 valence electrons. The van der Waals surface area contributed by atoms with Crippen molar-refractivity contribution >= 4 is 29.4 Å². The van der Waals surface area contributed by atoms with Crippen LogP contribution in [0.3, 0.4) is 0 Å². The van der Waals surface area contributed by atoms with Crippen LogP contribution in [0.2, 0.25) is 0 Å². The van der Waals surface area contributed by atoms with E-state index in [0.29, 0.717) is 17.8 Å². The van der Waals surface area contributed by atoms with Crippen LogP contribution < -0.4 is 5.32 Å². The molecule has 1 aromatic rings. The van der Waals surface area contributed by atoms with E-state index >= 15 is 0 Å². The fourth-order valence-corrected chi connectivity index (χ4v) is 2.10. The van der Waals surface area contributed by atoms with Gasteiger partial charge in [0.2, 0.25) is 0 Å². The first-order valence-electron chi connectivity index (χ1n) is 6.64. The van der Waals surface area contributed by atoms with Gasteiger partial charge in [0.15, 0.2) is 0 Å². The molecule has 1 rings (SSSR count). The molecular formula is C15H22N2O3S. The molecule has 0 radical (unpaired) electrons. The number of carboxylic acids is 1. The molecule has 21 heavy (non-hydrogen) atoms. The molecule has 6 heteroatoms. The molecule has 0 aliphatic rings. The van der Waals surface area contributed by atoms with Gasteiger partial charge in [-0.15, -0.1) is 0 Å². The van der Waals surface area contributed by atoms with Crippen molar-refractivity contribution in [1.29, 1.82) is 0 Å². The summed E-state index contributed by atoms with van der Waals surface area (Å²) in [7, 11) is 1.74. The summed E-state index contributed by atoms with van der Waals surface area (Å²) in [6.45, 7) is 3.98. The Balaban J connectivity index is 2.71. The Kier molecular flexibility index (Phi) is 6.08. The first kappa shape index (κ1) is 17.4. The number of nitrogens with zero attached hydrogens (tertiary/aromatic N) is 1. The molecule has 2 N–H and O–H groups in total. The molecule has 0 aromatic heterocycles. The Morgan fingerprint density at radius 3 is 2.33 bits per heavy atom. The predicted octanol–water partition coefficient (Wildman–Crippen LogP) is 2.88. The van der Waals surface area contributed by atoms with Crippen LogP contribution >= 0.6 is 11.8 Å². The molecule has 2 amide bonds. The van der Waals surface area contributed by atoms with E-state index in [0.717, 1.165) is 5.75 Å². The molecule has 0 aliphatic carbocycles. The lowest BCUT2D eigenvalue weighted by molar-refractivity contribution is -0.142. The minimum Gasteiger partial charge on any atom is -0.481 e. The molecule has 0 saturated carbocycles. The molecule has 1 aromatic carbocycles. The fraction of sp³-hybridized carbons (Fsp3) is 0.467. The highest BCUT2D eigenvalue weighted by molar-refractivity contribution is 7.98. The van der Waals surface area contributed by atoms with E-state index in [2.05, 4.69) is 5.32 Å². The van der Waals surface area contributed by atoms with Crippen LogP contribution in [0.5, 0.6) is 0 Å². The number of carboxylic acid groups (broad SMARTS) is 1. The molecule has 5 nitrogen and oxygen atoms in total. The van der Waals surface area contributed by atoms with Crippen molar-refractivity contribution in [2.45, 2.75) is 19.3 Å². The summed E-state index contributed by atoms with van der Waals surface area (Å²) < 4.78 is 0. The number of anilines is 1. The highest BCUT2D eigenvalue weighted by Crippen LogP contribution is 2.24. The summed E-state index contributed by atoms with van der Waals surface area (Å²) in [4.78, 5) is 24.7. The first-order valence-corrected chi connectivity index (χ1v) is 8.03. The highest BCUT2D eigenvalue weighted by atomic mass is 32.2. The summed E-state index contributed by atoms with van der Waals surface area (Å²) in [6.07, 6.45) is 1.99. The zero-order chi connectivity index (χ0) is 16.0. The fourth-order valence-electron chi connectivity index (χ4n) is 1.64. The molecule has 0 aliphatic heterocycles. The Morgan fingerprint density at radius 2 is 1.86 bits per heavy atom. The third kappa shape index (κ3) is 4.67. The van der Waals surface area contributed by atoms with Crippen LogP contribution in [-0.4, -0.2) is 47.6 Å². The maximum atomic E-state index is 11.9. The number of thioether (sulfide) groups is 1. The minimum absolute atomic E-state index is 0.172. The van der Waals surface area contributed by atoms with Crippen molar-refractivity contribution in [3.8, 4) is 0 Å². The highest BCUT2D eigenvalue weighted by Gasteiger charge is 2.29. The van der Waals surface area contributed by atoms with Gasteiger partial charge in [0.1, 0.15) is 0 Å². The van der Waals surface area contributed by atoms with E-state index < -0.39 is 11.4 Å². The molecule has 0 atom stereocenters. The van der Waals surface area contributed by atoms with Gasteiger partial charge in [-0.2, -0.15) is 11.8 Å². The van der Waals surface area contributed by atoms with E-state index in [1.807, 2.05) is 6.26 Å². The maximum absolute atomic E-state index is 11.9. The number of urea groups is 1. The Labute approximate surface area is 129 Å². The van der Waals surface area contributed by atoms with Crippen molar-refractivity contribution in [3.63, 3.8) is 0 Å². The second kappa shape index (κ2) is 7.36. The summed E-state index contributed by atoms with van der Waals surface area (Å²) in [5, 5.41) is 12.0. The first-order chi connectivity index (χ1) is 9.78. The van der Waals surface area contributed by atoms with Crippen LogP contribution in [0, 0.1) is 0 Å². The number of hydrogen-bond donors (Lipinski definition) is 2. The number of rotatable bonds is 6. The number of nitrogens with one attached hydrogen (secondary N) is 1. The summed E-state index contributed by atoms with van der Waals surface area (Å²) >= 11 is 1.68.